The summed E-state index contributed by atoms with van der Waals surface area (Å²) >= 11 is 0. The lowest BCUT2D eigenvalue weighted by Crippen LogP contribution is -2.26. The topological polar surface area (TPSA) is 157 Å². The van der Waals surface area contributed by atoms with Gasteiger partial charge in [0.25, 0.3) is 10.1 Å². The molecule has 2 rings (SSSR count). The van der Waals surface area contributed by atoms with Crippen molar-refractivity contribution in [2.75, 3.05) is 0 Å². The second-order valence-corrected chi connectivity index (χ2v) is 5.50. The van der Waals surface area contributed by atoms with Gasteiger partial charge < -0.3 is 17.2 Å². The van der Waals surface area contributed by atoms with E-state index in [1.807, 2.05) is 0 Å². The van der Waals surface area contributed by atoms with E-state index in [9.17, 15) is 13.0 Å². The van der Waals surface area contributed by atoms with E-state index in [0.29, 0.717) is 5.39 Å². The number of benzene rings is 2. The molecule has 8 nitrogen and oxygen atoms in total. The Hall–Kier alpha value is -2.65. The van der Waals surface area contributed by atoms with Gasteiger partial charge in [0.15, 0.2) is 5.96 Å². The number of hydrogen-bond acceptors (Lipinski definition) is 3. The van der Waals surface area contributed by atoms with Crippen LogP contribution in [0.15, 0.2) is 51.3 Å². The van der Waals surface area contributed by atoms with Gasteiger partial charge in [0.05, 0.1) is 5.69 Å². The molecule has 0 heterocycles. The van der Waals surface area contributed by atoms with Crippen LogP contribution in [0.4, 0.5) is 5.69 Å². The van der Waals surface area contributed by atoms with Crippen LogP contribution in [0.2, 0.25) is 0 Å². The van der Waals surface area contributed by atoms with Crippen molar-refractivity contribution in [3.8, 4) is 0 Å². The zero-order chi connectivity index (χ0) is 15.6. The van der Waals surface area contributed by atoms with Crippen LogP contribution >= 0.6 is 0 Å². The first-order valence-electron chi connectivity index (χ1n) is 5.72. The second-order valence-electron chi connectivity index (χ2n) is 4.11. The number of hydrogen-bond donors (Lipinski definition) is 4. The summed E-state index contributed by atoms with van der Waals surface area (Å²) in [4.78, 5) is 7.27. The first-order valence-corrected chi connectivity index (χ1v) is 7.16. The molecule has 2 aromatic carbocycles. The number of guanidine groups is 2. The van der Waals surface area contributed by atoms with Crippen molar-refractivity contribution < 1.29 is 13.0 Å². The molecule has 0 aliphatic rings. The summed E-state index contributed by atoms with van der Waals surface area (Å²) in [6.45, 7) is 0. The van der Waals surface area contributed by atoms with E-state index in [-0.39, 0.29) is 27.9 Å². The first-order chi connectivity index (χ1) is 9.79. The van der Waals surface area contributed by atoms with E-state index < -0.39 is 10.1 Å². The minimum Gasteiger partial charge on any atom is -0.370 e. The van der Waals surface area contributed by atoms with Crippen LogP contribution in [-0.2, 0) is 10.1 Å². The van der Waals surface area contributed by atoms with Gasteiger partial charge in [0, 0.05) is 5.39 Å². The van der Waals surface area contributed by atoms with Gasteiger partial charge >= 0.3 is 0 Å². The molecule has 0 spiro atoms. The molecule has 9 heteroatoms. The van der Waals surface area contributed by atoms with Crippen LogP contribution in [0.3, 0.4) is 0 Å². The number of rotatable bonds is 2. The van der Waals surface area contributed by atoms with Crippen LogP contribution in [0.5, 0.6) is 0 Å². The molecule has 110 valence electrons. The normalized spacial score (nSPS) is 12.3. The Balaban J connectivity index is 2.79. The van der Waals surface area contributed by atoms with Crippen molar-refractivity contribution in [2.45, 2.75) is 4.90 Å². The van der Waals surface area contributed by atoms with E-state index in [1.165, 1.54) is 18.2 Å². The highest BCUT2D eigenvalue weighted by Crippen LogP contribution is 2.31. The number of nitrogens with zero attached hydrogens (tertiary/aromatic N) is 2. The maximum absolute atomic E-state index is 11.5. The van der Waals surface area contributed by atoms with Gasteiger partial charge in [-0.1, -0.05) is 24.3 Å². The van der Waals surface area contributed by atoms with E-state index in [4.69, 9.17) is 17.2 Å². The molecule has 0 aliphatic carbocycles. The van der Waals surface area contributed by atoms with Crippen LogP contribution < -0.4 is 17.2 Å². The van der Waals surface area contributed by atoms with E-state index in [0.717, 1.165) is 0 Å². The molecule has 0 fully saturated rings. The van der Waals surface area contributed by atoms with Crippen molar-refractivity contribution in [2.24, 2.45) is 27.2 Å². The molecule has 0 saturated heterocycles. The molecule has 0 aromatic heterocycles. The predicted molar refractivity (Wildman–Crippen MR) is 80.9 cm³/mol. The molecule has 0 unspecified atom stereocenters. The third-order valence-corrected chi connectivity index (χ3v) is 3.50. The largest absolute Gasteiger partial charge is 0.370 e. The van der Waals surface area contributed by atoms with Crippen molar-refractivity contribution in [1.82, 2.24) is 0 Å². The number of aliphatic imine (C=N–C) groups is 2. The smallest absolute Gasteiger partial charge is 0.295 e. The van der Waals surface area contributed by atoms with Gasteiger partial charge in [-0.25, -0.2) is 4.99 Å². The zero-order valence-electron chi connectivity index (χ0n) is 10.8. The van der Waals surface area contributed by atoms with Crippen molar-refractivity contribution in [3.63, 3.8) is 0 Å². The molecule has 0 atom stereocenters. The van der Waals surface area contributed by atoms with Gasteiger partial charge in [-0.3, -0.25) is 4.55 Å². The van der Waals surface area contributed by atoms with Gasteiger partial charge in [-0.15, -0.1) is 0 Å². The lowest BCUT2D eigenvalue weighted by Gasteiger charge is -2.07. The average molecular weight is 307 g/mol. The van der Waals surface area contributed by atoms with Crippen LogP contribution in [0.1, 0.15) is 0 Å². The molecule has 0 bridgehead atoms. The second kappa shape index (κ2) is 5.38. The van der Waals surface area contributed by atoms with Crippen LogP contribution in [0.25, 0.3) is 10.8 Å². The van der Waals surface area contributed by atoms with Crippen LogP contribution in [0, 0.1) is 0 Å². The number of fused-ring (bicyclic) bond motifs is 1. The van der Waals surface area contributed by atoms with E-state index >= 15 is 0 Å². The molecule has 2 aromatic rings. The number of nitrogens with two attached hydrogens (primary N) is 3. The molecular formula is C12H13N5O3S. The van der Waals surface area contributed by atoms with Crippen LogP contribution in [-0.4, -0.2) is 24.9 Å². The Kier molecular flexibility index (Phi) is 3.78. The molecule has 0 amide bonds. The average Bonchev–Trinajstić information content (AvgIpc) is 2.36. The summed E-state index contributed by atoms with van der Waals surface area (Å²) in [5.41, 5.74) is 16.2. The first kappa shape index (κ1) is 14.8. The maximum Gasteiger partial charge on any atom is 0.295 e. The lowest BCUT2D eigenvalue weighted by atomic mass is 10.1. The molecule has 0 radical (unpaired) electrons. The fourth-order valence-electron chi connectivity index (χ4n) is 1.88. The highest BCUT2D eigenvalue weighted by molar-refractivity contribution is 7.86. The Labute approximate surface area is 120 Å². The summed E-state index contributed by atoms with van der Waals surface area (Å²) in [7, 11) is -4.41. The Bertz CT molecular complexity index is 849. The Morgan fingerprint density at radius 2 is 1.67 bits per heavy atom. The minimum atomic E-state index is -4.41. The Morgan fingerprint density at radius 3 is 2.24 bits per heavy atom. The third-order valence-electron chi connectivity index (χ3n) is 2.60. The van der Waals surface area contributed by atoms with E-state index in [1.54, 1.807) is 18.2 Å². The summed E-state index contributed by atoms with van der Waals surface area (Å²) in [6.07, 6.45) is 0. The van der Waals surface area contributed by atoms with Crippen molar-refractivity contribution >= 4 is 38.5 Å². The lowest BCUT2D eigenvalue weighted by molar-refractivity contribution is 0.484. The fraction of sp³-hybridized carbons (Fsp3) is 0. The molecule has 7 N–H and O–H groups in total. The minimum absolute atomic E-state index is 0.225. The molecule has 0 saturated carbocycles. The quantitative estimate of drug-likeness (QED) is 0.355. The summed E-state index contributed by atoms with van der Waals surface area (Å²) < 4.78 is 32.3. The molecule has 0 aliphatic heterocycles. The predicted octanol–water partition coefficient (Wildman–Crippen LogP) is 0.306. The molecular weight excluding hydrogens is 294 g/mol. The Morgan fingerprint density at radius 1 is 1.05 bits per heavy atom. The van der Waals surface area contributed by atoms with Crippen molar-refractivity contribution in [1.29, 1.82) is 0 Å². The van der Waals surface area contributed by atoms with E-state index in [2.05, 4.69) is 9.98 Å². The van der Waals surface area contributed by atoms with Crippen molar-refractivity contribution in [3.05, 3.63) is 36.4 Å². The zero-order valence-corrected chi connectivity index (χ0v) is 11.6. The molecule has 21 heavy (non-hydrogen) atoms. The standard InChI is InChI=1S/C12H13N5O3S/c13-11(14)17-12(15)16-8-5-1-3-7-4-2-6-9(10(7)8)21(18,19)20/h1-6H,(H,18,19,20)(H6,13,14,15,16,17). The highest BCUT2D eigenvalue weighted by atomic mass is 32.2. The third kappa shape index (κ3) is 3.27. The van der Waals surface area contributed by atoms with Gasteiger partial charge in [-0.05, 0) is 17.5 Å². The maximum atomic E-state index is 11.5. The fourth-order valence-corrected chi connectivity index (χ4v) is 2.61. The van der Waals surface area contributed by atoms with Gasteiger partial charge in [0.2, 0.25) is 5.96 Å². The summed E-state index contributed by atoms with van der Waals surface area (Å²) in [5.74, 6) is -0.501. The van der Waals surface area contributed by atoms with Gasteiger partial charge in [0.1, 0.15) is 4.90 Å². The SMILES string of the molecule is NC(N)=NC(N)=Nc1cccc2cccc(S(=O)(=O)O)c12. The monoisotopic (exact) mass is 307 g/mol. The highest BCUT2D eigenvalue weighted by Gasteiger charge is 2.16. The van der Waals surface area contributed by atoms with Gasteiger partial charge in [-0.2, -0.15) is 13.4 Å². The summed E-state index contributed by atoms with van der Waals surface area (Å²) in [6, 6.07) is 9.34. The summed E-state index contributed by atoms with van der Waals surface area (Å²) in [5, 5.41) is 0.806.